The van der Waals surface area contributed by atoms with Crippen molar-refractivity contribution in [2.24, 2.45) is 0 Å². The minimum Gasteiger partial charge on any atom is -0.475 e. The van der Waals surface area contributed by atoms with Crippen molar-refractivity contribution >= 4 is 33.2 Å². The molecule has 3 rings (SSSR count). The van der Waals surface area contributed by atoms with Gasteiger partial charge in [0.15, 0.2) is 0 Å². The molecule has 0 aromatic carbocycles. The molecule has 1 aliphatic heterocycles. The molecular formula is C12H11BrN2O2S. The van der Waals surface area contributed by atoms with E-state index < -0.39 is 5.97 Å². The van der Waals surface area contributed by atoms with Crippen LogP contribution in [0.1, 0.15) is 29.2 Å². The Labute approximate surface area is 116 Å². The van der Waals surface area contributed by atoms with Crippen LogP contribution in [0.3, 0.4) is 0 Å². The lowest BCUT2D eigenvalue weighted by molar-refractivity contribution is 0.0677. The van der Waals surface area contributed by atoms with Gasteiger partial charge >= 0.3 is 5.97 Å². The number of carboxylic acid groups (broad SMARTS) is 1. The number of hydrogen-bond acceptors (Lipinski definition) is 3. The molecule has 18 heavy (non-hydrogen) atoms. The van der Waals surface area contributed by atoms with Crippen LogP contribution in [0.4, 0.5) is 0 Å². The minimum absolute atomic E-state index is 0.171. The molecule has 0 atom stereocenters. The number of fused-ring (bicyclic) bond motifs is 1. The van der Waals surface area contributed by atoms with Crippen LogP contribution in [-0.2, 0) is 13.0 Å². The summed E-state index contributed by atoms with van der Waals surface area (Å²) in [5, 5.41) is 9.22. The molecular weight excluding hydrogens is 316 g/mol. The Hall–Kier alpha value is -1.14. The minimum atomic E-state index is -0.944. The topological polar surface area (TPSA) is 55.1 Å². The number of thiophene rings is 1. The van der Waals surface area contributed by atoms with Crippen LogP contribution in [0, 0.1) is 0 Å². The van der Waals surface area contributed by atoms with Crippen LogP contribution in [-0.4, -0.2) is 20.6 Å². The van der Waals surface area contributed by atoms with Gasteiger partial charge in [-0.05, 0) is 47.3 Å². The lowest BCUT2D eigenvalue weighted by Gasteiger charge is -2.15. The quantitative estimate of drug-likeness (QED) is 0.920. The van der Waals surface area contributed by atoms with Crippen molar-refractivity contribution in [3.63, 3.8) is 0 Å². The average Bonchev–Trinajstić information content (AvgIpc) is 2.92. The Morgan fingerprint density at radius 3 is 2.94 bits per heavy atom. The van der Waals surface area contributed by atoms with Crippen LogP contribution in [0.15, 0.2) is 15.9 Å². The molecule has 0 amide bonds. The van der Waals surface area contributed by atoms with Crippen molar-refractivity contribution in [3.05, 3.63) is 27.4 Å². The highest BCUT2D eigenvalue weighted by Gasteiger charge is 2.24. The first-order valence-electron chi connectivity index (χ1n) is 5.75. The molecule has 0 aliphatic carbocycles. The summed E-state index contributed by atoms with van der Waals surface area (Å²) in [6.07, 6.45) is 3.03. The van der Waals surface area contributed by atoms with Crippen LogP contribution in [0.2, 0.25) is 0 Å². The summed E-state index contributed by atoms with van der Waals surface area (Å²) >= 11 is 5.02. The predicted octanol–water partition coefficient (Wildman–Crippen LogP) is 3.41. The number of nitrogens with zero attached hydrogens (tertiary/aromatic N) is 2. The second kappa shape index (κ2) is 4.51. The Bertz CT molecular complexity index is 618. The van der Waals surface area contributed by atoms with Gasteiger partial charge in [-0.1, -0.05) is 0 Å². The standard InChI is InChI=1S/C12H11BrN2O2S/c13-9-5-4-8(18-9)10-7-3-1-2-6-15(7)11(14-10)12(16)17/h4-5H,1-3,6H2,(H,16,17). The normalized spacial score (nSPS) is 14.5. The molecule has 3 heterocycles. The molecule has 0 bridgehead atoms. The van der Waals surface area contributed by atoms with Gasteiger partial charge in [-0.2, -0.15) is 0 Å². The van der Waals surface area contributed by atoms with Crippen LogP contribution in [0.5, 0.6) is 0 Å². The van der Waals surface area contributed by atoms with E-state index in [9.17, 15) is 9.90 Å². The van der Waals surface area contributed by atoms with E-state index in [-0.39, 0.29) is 5.82 Å². The largest absolute Gasteiger partial charge is 0.475 e. The lowest BCUT2D eigenvalue weighted by atomic mass is 10.1. The van der Waals surface area contributed by atoms with E-state index in [1.807, 2.05) is 16.7 Å². The highest BCUT2D eigenvalue weighted by Crippen LogP contribution is 2.35. The average molecular weight is 327 g/mol. The summed E-state index contributed by atoms with van der Waals surface area (Å²) in [7, 11) is 0. The molecule has 0 unspecified atom stereocenters. The third-order valence-electron chi connectivity index (χ3n) is 3.12. The number of aromatic nitrogens is 2. The number of carbonyl (C=O) groups is 1. The smallest absolute Gasteiger partial charge is 0.372 e. The summed E-state index contributed by atoms with van der Waals surface area (Å²) in [6.45, 7) is 0.760. The third kappa shape index (κ3) is 1.89. The summed E-state index contributed by atoms with van der Waals surface area (Å²) < 4.78 is 2.89. The molecule has 94 valence electrons. The first kappa shape index (κ1) is 11.9. The Kier molecular flexibility index (Phi) is 2.99. The second-order valence-corrected chi connectivity index (χ2v) is 6.71. The van der Waals surface area contributed by atoms with E-state index >= 15 is 0 Å². The van der Waals surface area contributed by atoms with E-state index in [1.54, 1.807) is 11.3 Å². The molecule has 1 aliphatic rings. The number of carboxylic acids is 1. The van der Waals surface area contributed by atoms with Crippen molar-refractivity contribution < 1.29 is 9.90 Å². The molecule has 6 heteroatoms. The van der Waals surface area contributed by atoms with Crippen molar-refractivity contribution in [1.29, 1.82) is 0 Å². The molecule has 0 saturated heterocycles. The molecule has 2 aromatic rings. The van der Waals surface area contributed by atoms with Gasteiger partial charge in [0.25, 0.3) is 0 Å². The zero-order valence-corrected chi connectivity index (χ0v) is 11.9. The van der Waals surface area contributed by atoms with Gasteiger partial charge in [0.05, 0.1) is 8.66 Å². The molecule has 0 spiro atoms. The first-order valence-corrected chi connectivity index (χ1v) is 7.36. The summed E-state index contributed by atoms with van der Waals surface area (Å²) in [5.41, 5.74) is 1.90. The Balaban J connectivity index is 2.18. The fourth-order valence-electron chi connectivity index (χ4n) is 2.35. The molecule has 2 aromatic heterocycles. The zero-order chi connectivity index (χ0) is 12.7. The Morgan fingerprint density at radius 1 is 1.44 bits per heavy atom. The fourth-order valence-corrected chi connectivity index (χ4v) is 3.74. The van der Waals surface area contributed by atoms with Crippen molar-refractivity contribution in [3.8, 4) is 10.6 Å². The van der Waals surface area contributed by atoms with Gasteiger partial charge in [0.2, 0.25) is 5.82 Å². The van der Waals surface area contributed by atoms with Crippen molar-refractivity contribution in [1.82, 2.24) is 9.55 Å². The van der Waals surface area contributed by atoms with Gasteiger partial charge in [-0.3, -0.25) is 0 Å². The van der Waals surface area contributed by atoms with E-state index in [1.165, 1.54) is 0 Å². The maximum atomic E-state index is 11.2. The van der Waals surface area contributed by atoms with Crippen molar-refractivity contribution in [2.75, 3.05) is 0 Å². The number of hydrogen-bond donors (Lipinski definition) is 1. The van der Waals surface area contributed by atoms with E-state index in [0.717, 1.165) is 45.9 Å². The number of rotatable bonds is 2. The molecule has 4 nitrogen and oxygen atoms in total. The molecule has 0 saturated carbocycles. The summed E-state index contributed by atoms with van der Waals surface area (Å²) in [4.78, 5) is 16.6. The SMILES string of the molecule is O=C(O)c1nc(-c2ccc(Br)s2)c2n1CCCC2. The second-order valence-electron chi connectivity index (χ2n) is 4.25. The number of aromatic carboxylic acids is 1. The maximum Gasteiger partial charge on any atom is 0.372 e. The molecule has 0 fully saturated rings. The lowest BCUT2D eigenvalue weighted by Crippen LogP contribution is -2.15. The van der Waals surface area contributed by atoms with Crippen LogP contribution < -0.4 is 0 Å². The fraction of sp³-hybridized carbons (Fsp3) is 0.333. The molecule has 0 radical (unpaired) electrons. The van der Waals surface area contributed by atoms with E-state index in [0.29, 0.717) is 0 Å². The summed E-state index contributed by atoms with van der Waals surface area (Å²) in [6, 6.07) is 3.95. The zero-order valence-electron chi connectivity index (χ0n) is 9.52. The molecule has 1 N–H and O–H groups in total. The number of imidazole rings is 1. The highest BCUT2D eigenvalue weighted by atomic mass is 79.9. The third-order valence-corrected chi connectivity index (χ3v) is 4.75. The predicted molar refractivity (Wildman–Crippen MR) is 73.1 cm³/mol. The maximum absolute atomic E-state index is 11.2. The first-order chi connectivity index (χ1) is 8.66. The van der Waals surface area contributed by atoms with Gasteiger partial charge in [0, 0.05) is 12.2 Å². The van der Waals surface area contributed by atoms with Crippen molar-refractivity contribution in [2.45, 2.75) is 25.8 Å². The van der Waals surface area contributed by atoms with Gasteiger partial charge in [-0.15, -0.1) is 11.3 Å². The van der Waals surface area contributed by atoms with E-state index in [2.05, 4.69) is 20.9 Å². The van der Waals surface area contributed by atoms with E-state index in [4.69, 9.17) is 0 Å². The van der Waals surface area contributed by atoms with Gasteiger partial charge in [-0.25, -0.2) is 9.78 Å². The highest BCUT2D eigenvalue weighted by molar-refractivity contribution is 9.11. The van der Waals surface area contributed by atoms with Gasteiger partial charge < -0.3 is 9.67 Å². The monoisotopic (exact) mass is 326 g/mol. The van der Waals surface area contributed by atoms with Crippen LogP contribution in [0.25, 0.3) is 10.6 Å². The van der Waals surface area contributed by atoms with Gasteiger partial charge in [0.1, 0.15) is 5.69 Å². The van der Waals surface area contributed by atoms with Crippen LogP contribution >= 0.6 is 27.3 Å². The Morgan fingerprint density at radius 2 is 2.28 bits per heavy atom. The number of halogens is 1. The summed E-state index contributed by atoms with van der Waals surface area (Å²) in [5.74, 6) is -0.774.